The fraction of sp³-hybridized carbons (Fsp3) is 0.333. The predicted molar refractivity (Wildman–Crippen MR) is 57.7 cm³/mol. The summed E-state index contributed by atoms with van der Waals surface area (Å²) < 4.78 is 38.5. The van der Waals surface area contributed by atoms with Crippen LogP contribution in [0.2, 0.25) is 0 Å². The van der Waals surface area contributed by atoms with E-state index in [1.54, 1.807) is 0 Å². The van der Waals surface area contributed by atoms with Crippen molar-refractivity contribution in [3.05, 3.63) is 24.0 Å². The third-order valence-electron chi connectivity index (χ3n) is 1.81. The molecule has 5 nitrogen and oxygen atoms in total. The average Bonchev–Trinajstić information content (AvgIpc) is 2.19. The van der Waals surface area contributed by atoms with Crippen LogP contribution in [-0.4, -0.2) is 26.2 Å². The van der Waals surface area contributed by atoms with Gasteiger partial charge in [-0.05, 0) is 25.1 Å². The van der Waals surface area contributed by atoms with Crippen molar-refractivity contribution in [2.75, 3.05) is 12.3 Å². The molecule has 1 rings (SSSR count). The summed E-state index contributed by atoms with van der Waals surface area (Å²) in [6.45, 7) is 1.23. The maximum Gasteiger partial charge on any atom is 0.243 e. The fourth-order valence-corrected chi connectivity index (χ4v) is 2.27. The van der Waals surface area contributed by atoms with Gasteiger partial charge in [0.1, 0.15) is 10.7 Å². The first kappa shape index (κ1) is 12.9. The van der Waals surface area contributed by atoms with Crippen LogP contribution in [0.4, 0.5) is 10.1 Å². The van der Waals surface area contributed by atoms with Gasteiger partial charge in [-0.2, -0.15) is 0 Å². The van der Waals surface area contributed by atoms with E-state index in [1.807, 2.05) is 0 Å². The van der Waals surface area contributed by atoms with Crippen molar-refractivity contribution in [3.8, 4) is 0 Å². The molecule has 90 valence electrons. The van der Waals surface area contributed by atoms with Crippen molar-refractivity contribution in [2.24, 2.45) is 0 Å². The lowest BCUT2D eigenvalue weighted by molar-refractivity contribution is 0.198. The molecule has 0 bridgehead atoms. The molecule has 1 aromatic rings. The molecule has 0 aliphatic heterocycles. The molecule has 1 unspecified atom stereocenters. The van der Waals surface area contributed by atoms with Crippen LogP contribution in [0.15, 0.2) is 23.1 Å². The van der Waals surface area contributed by atoms with Crippen molar-refractivity contribution in [2.45, 2.75) is 17.9 Å². The molecule has 0 spiro atoms. The molecular formula is C9H13FN2O3S. The Morgan fingerprint density at radius 3 is 2.75 bits per heavy atom. The monoisotopic (exact) mass is 248 g/mol. The standard InChI is InChI=1S/C9H13FN2O3S/c1-6(13)5-12-16(14,15)9-4-7(11)2-3-8(9)10/h2-4,6,12-13H,5,11H2,1H3. The number of nitrogens with two attached hydrogens (primary N) is 1. The van der Waals surface area contributed by atoms with Gasteiger partial charge in [0.25, 0.3) is 0 Å². The Bertz CT molecular complexity index is 474. The Labute approximate surface area is 93.1 Å². The van der Waals surface area contributed by atoms with Crippen LogP contribution in [0.25, 0.3) is 0 Å². The third kappa shape index (κ3) is 3.16. The number of rotatable bonds is 4. The Kier molecular flexibility index (Phi) is 3.84. The number of nitrogen functional groups attached to an aromatic ring is 1. The minimum atomic E-state index is -3.97. The van der Waals surface area contributed by atoms with Crippen LogP contribution >= 0.6 is 0 Å². The maximum atomic E-state index is 13.3. The van der Waals surface area contributed by atoms with Crippen LogP contribution in [0.3, 0.4) is 0 Å². The quantitative estimate of drug-likeness (QED) is 0.657. The summed E-state index contributed by atoms with van der Waals surface area (Å²) in [5.41, 5.74) is 5.52. The second-order valence-electron chi connectivity index (χ2n) is 3.39. The van der Waals surface area contributed by atoms with E-state index >= 15 is 0 Å². The number of anilines is 1. The van der Waals surface area contributed by atoms with Gasteiger partial charge in [-0.1, -0.05) is 0 Å². The van der Waals surface area contributed by atoms with Crippen LogP contribution in [-0.2, 0) is 10.0 Å². The number of benzene rings is 1. The molecule has 0 aliphatic carbocycles. The predicted octanol–water partition coefficient (Wildman–Crippen LogP) is 0.0670. The molecule has 0 aliphatic rings. The topological polar surface area (TPSA) is 92.4 Å². The normalized spacial score (nSPS) is 13.7. The lowest BCUT2D eigenvalue weighted by Gasteiger charge is -2.09. The molecule has 16 heavy (non-hydrogen) atoms. The summed E-state index contributed by atoms with van der Waals surface area (Å²) >= 11 is 0. The number of nitrogens with one attached hydrogen (secondary N) is 1. The number of hydrogen-bond acceptors (Lipinski definition) is 4. The fourth-order valence-electron chi connectivity index (χ4n) is 1.03. The average molecular weight is 248 g/mol. The maximum absolute atomic E-state index is 13.3. The smallest absolute Gasteiger partial charge is 0.243 e. The van der Waals surface area contributed by atoms with Crippen molar-refractivity contribution >= 4 is 15.7 Å². The minimum absolute atomic E-state index is 0.152. The Morgan fingerprint density at radius 1 is 1.56 bits per heavy atom. The lowest BCUT2D eigenvalue weighted by Crippen LogP contribution is -2.31. The lowest BCUT2D eigenvalue weighted by atomic mass is 10.3. The van der Waals surface area contributed by atoms with Gasteiger partial charge in [0.2, 0.25) is 10.0 Å². The molecule has 1 atom stereocenters. The first-order valence-electron chi connectivity index (χ1n) is 4.55. The highest BCUT2D eigenvalue weighted by atomic mass is 32.2. The van der Waals surface area contributed by atoms with Gasteiger partial charge in [0, 0.05) is 12.2 Å². The van der Waals surface area contributed by atoms with Gasteiger partial charge >= 0.3 is 0 Å². The highest BCUT2D eigenvalue weighted by Crippen LogP contribution is 2.17. The number of hydrogen-bond donors (Lipinski definition) is 3. The highest BCUT2D eigenvalue weighted by molar-refractivity contribution is 7.89. The van der Waals surface area contributed by atoms with Crippen LogP contribution in [0.5, 0.6) is 0 Å². The summed E-state index contributed by atoms with van der Waals surface area (Å²) in [7, 11) is -3.97. The van der Waals surface area contributed by atoms with E-state index < -0.39 is 26.8 Å². The highest BCUT2D eigenvalue weighted by Gasteiger charge is 2.19. The largest absolute Gasteiger partial charge is 0.399 e. The molecule has 0 saturated carbocycles. The minimum Gasteiger partial charge on any atom is -0.399 e. The number of sulfonamides is 1. The van der Waals surface area contributed by atoms with E-state index in [0.29, 0.717) is 0 Å². The van der Waals surface area contributed by atoms with E-state index in [-0.39, 0.29) is 12.2 Å². The second-order valence-corrected chi connectivity index (χ2v) is 5.13. The van der Waals surface area contributed by atoms with Crippen LogP contribution < -0.4 is 10.5 Å². The van der Waals surface area contributed by atoms with E-state index in [1.165, 1.54) is 13.0 Å². The SMILES string of the molecule is CC(O)CNS(=O)(=O)c1cc(N)ccc1F. The van der Waals surface area contributed by atoms with Gasteiger partial charge in [0.15, 0.2) is 0 Å². The van der Waals surface area contributed by atoms with Crippen molar-refractivity contribution in [1.29, 1.82) is 0 Å². The van der Waals surface area contributed by atoms with Gasteiger partial charge in [-0.15, -0.1) is 0 Å². The zero-order valence-electron chi connectivity index (χ0n) is 8.64. The van der Waals surface area contributed by atoms with Crippen molar-refractivity contribution < 1.29 is 17.9 Å². The zero-order valence-corrected chi connectivity index (χ0v) is 9.46. The molecule has 0 aromatic heterocycles. The van der Waals surface area contributed by atoms with Crippen LogP contribution in [0.1, 0.15) is 6.92 Å². The number of aliphatic hydroxyl groups is 1. The molecule has 4 N–H and O–H groups in total. The molecular weight excluding hydrogens is 235 g/mol. The summed E-state index contributed by atoms with van der Waals surface area (Å²) in [6, 6.07) is 3.27. The number of halogens is 1. The van der Waals surface area contributed by atoms with E-state index in [0.717, 1.165) is 12.1 Å². The van der Waals surface area contributed by atoms with Crippen molar-refractivity contribution in [3.63, 3.8) is 0 Å². The van der Waals surface area contributed by atoms with Gasteiger partial charge < -0.3 is 10.8 Å². The molecule has 1 aromatic carbocycles. The van der Waals surface area contributed by atoms with E-state index in [9.17, 15) is 12.8 Å². The molecule has 7 heteroatoms. The first-order valence-corrected chi connectivity index (χ1v) is 6.04. The molecule has 0 radical (unpaired) electrons. The summed E-state index contributed by atoms with van der Waals surface area (Å²) in [5, 5.41) is 8.94. The molecule has 0 heterocycles. The molecule has 0 saturated heterocycles. The van der Waals surface area contributed by atoms with E-state index in [4.69, 9.17) is 10.8 Å². The van der Waals surface area contributed by atoms with Gasteiger partial charge in [0.05, 0.1) is 6.10 Å². The third-order valence-corrected chi connectivity index (χ3v) is 3.25. The molecule has 0 fully saturated rings. The Balaban J connectivity index is 3.02. The first-order chi connectivity index (χ1) is 7.33. The van der Waals surface area contributed by atoms with E-state index in [2.05, 4.69) is 4.72 Å². The van der Waals surface area contributed by atoms with Gasteiger partial charge in [-0.25, -0.2) is 17.5 Å². The van der Waals surface area contributed by atoms with Gasteiger partial charge in [-0.3, -0.25) is 0 Å². The summed E-state index contributed by atoms with van der Waals surface area (Å²) in [6.07, 6.45) is -0.848. The number of aliphatic hydroxyl groups excluding tert-OH is 1. The second kappa shape index (κ2) is 4.77. The summed E-state index contributed by atoms with van der Waals surface area (Å²) in [5.74, 6) is -0.882. The Hall–Kier alpha value is -1.18. The molecule has 0 amide bonds. The van der Waals surface area contributed by atoms with Crippen molar-refractivity contribution in [1.82, 2.24) is 4.72 Å². The Morgan fingerprint density at radius 2 is 2.19 bits per heavy atom. The van der Waals surface area contributed by atoms with Crippen LogP contribution in [0, 0.1) is 5.82 Å². The summed E-state index contributed by atoms with van der Waals surface area (Å²) in [4.78, 5) is -0.520. The zero-order chi connectivity index (χ0) is 12.3.